The van der Waals surface area contributed by atoms with Crippen LogP contribution in [-0.4, -0.2) is 35.0 Å². The molecule has 0 saturated carbocycles. The molecule has 7 nitrogen and oxygen atoms in total. The summed E-state index contributed by atoms with van der Waals surface area (Å²) in [6, 6.07) is 15.6. The Morgan fingerprint density at radius 2 is 1.86 bits per heavy atom. The lowest BCUT2D eigenvalue weighted by molar-refractivity contribution is 0.102. The number of anilines is 1. The average molecular weight is 396 g/mol. The highest BCUT2D eigenvalue weighted by atomic mass is 32.2. The van der Waals surface area contributed by atoms with E-state index in [1.807, 2.05) is 24.3 Å². The number of hydrogen-bond donors (Lipinski definition) is 1. The predicted molar refractivity (Wildman–Crippen MR) is 105 cm³/mol. The molecule has 0 aliphatic carbocycles. The molecule has 8 heteroatoms. The lowest BCUT2D eigenvalue weighted by atomic mass is 10.0. The maximum absolute atomic E-state index is 13.1. The minimum atomic E-state index is -3.70. The minimum absolute atomic E-state index is 0.112. The first kappa shape index (κ1) is 18.4. The molecule has 1 N–H and O–H groups in total. The van der Waals surface area contributed by atoms with Gasteiger partial charge in [0.05, 0.1) is 4.90 Å². The summed E-state index contributed by atoms with van der Waals surface area (Å²) in [5.41, 5.74) is 2.46. The number of nitrogens with one attached hydrogen (secondary N) is 1. The van der Waals surface area contributed by atoms with Gasteiger partial charge in [0.2, 0.25) is 10.0 Å². The molecule has 144 valence electrons. The Bertz CT molecular complexity index is 1140. The molecule has 3 aromatic rings. The Morgan fingerprint density at radius 3 is 2.61 bits per heavy atom. The third-order valence-electron chi connectivity index (χ3n) is 4.78. The molecule has 0 saturated heterocycles. The smallest absolute Gasteiger partial charge is 0.256 e. The third-order valence-corrected chi connectivity index (χ3v) is 6.63. The molecule has 4 rings (SSSR count). The molecule has 1 amide bonds. The third kappa shape index (κ3) is 3.56. The highest BCUT2D eigenvalue weighted by Gasteiger charge is 2.28. The zero-order valence-electron chi connectivity index (χ0n) is 15.4. The van der Waals surface area contributed by atoms with Crippen molar-refractivity contribution in [2.24, 2.45) is 7.05 Å². The Morgan fingerprint density at radius 1 is 1.07 bits per heavy atom. The zero-order valence-corrected chi connectivity index (χ0v) is 16.2. The lowest BCUT2D eigenvalue weighted by Crippen LogP contribution is -2.36. The van der Waals surface area contributed by atoms with Crippen LogP contribution in [0.5, 0.6) is 0 Å². The number of aryl methyl sites for hydroxylation is 1. The van der Waals surface area contributed by atoms with Crippen LogP contribution in [0.15, 0.2) is 65.7 Å². The van der Waals surface area contributed by atoms with Crippen LogP contribution in [0.4, 0.5) is 5.82 Å². The fourth-order valence-electron chi connectivity index (χ4n) is 3.29. The van der Waals surface area contributed by atoms with Gasteiger partial charge in [-0.15, -0.1) is 0 Å². The second kappa shape index (κ2) is 7.21. The molecule has 1 aliphatic heterocycles. The number of rotatable bonds is 4. The molecule has 1 aliphatic rings. The van der Waals surface area contributed by atoms with Crippen LogP contribution in [0.3, 0.4) is 0 Å². The van der Waals surface area contributed by atoms with Crippen molar-refractivity contribution in [1.29, 1.82) is 0 Å². The highest BCUT2D eigenvalue weighted by molar-refractivity contribution is 7.89. The molecule has 28 heavy (non-hydrogen) atoms. The number of aromatic nitrogens is 2. The SMILES string of the molecule is Cn1ccc(NC(=O)c2cccc(S(=O)(=O)N3CCc4ccccc4C3)c2)n1. The fraction of sp³-hybridized carbons (Fsp3) is 0.200. The van der Waals surface area contributed by atoms with Crippen LogP contribution in [0.1, 0.15) is 21.5 Å². The van der Waals surface area contributed by atoms with E-state index in [-0.39, 0.29) is 10.5 Å². The lowest BCUT2D eigenvalue weighted by Gasteiger charge is -2.28. The first-order valence-electron chi connectivity index (χ1n) is 8.91. The molecule has 0 fully saturated rings. The molecule has 0 bridgehead atoms. The van der Waals surface area contributed by atoms with Crippen LogP contribution in [0.25, 0.3) is 0 Å². The summed E-state index contributed by atoms with van der Waals surface area (Å²) in [7, 11) is -1.95. The van der Waals surface area contributed by atoms with E-state index in [9.17, 15) is 13.2 Å². The van der Waals surface area contributed by atoms with E-state index in [1.54, 1.807) is 36.1 Å². The molecule has 0 spiro atoms. The second-order valence-electron chi connectivity index (χ2n) is 6.71. The Hall–Kier alpha value is -2.97. The fourth-order valence-corrected chi connectivity index (χ4v) is 4.76. The van der Waals surface area contributed by atoms with Crippen LogP contribution < -0.4 is 5.32 Å². The van der Waals surface area contributed by atoms with E-state index in [1.165, 1.54) is 22.0 Å². The van der Waals surface area contributed by atoms with E-state index in [2.05, 4.69) is 10.4 Å². The maximum atomic E-state index is 13.1. The normalized spacial score (nSPS) is 14.5. The van der Waals surface area contributed by atoms with Crippen molar-refractivity contribution in [3.63, 3.8) is 0 Å². The first-order chi connectivity index (χ1) is 13.4. The van der Waals surface area contributed by atoms with Crippen molar-refractivity contribution in [2.45, 2.75) is 17.9 Å². The number of sulfonamides is 1. The summed E-state index contributed by atoms with van der Waals surface area (Å²) in [4.78, 5) is 12.6. The maximum Gasteiger partial charge on any atom is 0.256 e. The number of fused-ring (bicyclic) bond motifs is 1. The number of amides is 1. The van der Waals surface area contributed by atoms with Crippen molar-refractivity contribution in [1.82, 2.24) is 14.1 Å². The van der Waals surface area contributed by atoms with E-state index < -0.39 is 15.9 Å². The Labute approximate surface area is 163 Å². The van der Waals surface area contributed by atoms with Gasteiger partial charge in [-0.05, 0) is 35.7 Å². The predicted octanol–water partition coefficient (Wildman–Crippen LogP) is 2.42. The van der Waals surface area contributed by atoms with Crippen LogP contribution in [-0.2, 0) is 30.0 Å². The number of nitrogens with zero attached hydrogens (tertiary/aromatic N) is 3. The molecular weight excluding hydrogens is 376 g/mol. The number of carbonyl (C=O) groups excluding carboxylic acids is 1. The van der Waals surface area contributed by atoms with Gasteiger partial charge in [-0.2, -0.15) is 9.40 Å². The number of hydrogen-bond acceptors (Lipinski definition) is 4. The van der Waals surface area contributed by atoms with Gasteiger partial charge in [0.1, 0.15) is 0 Å². The molecule has 2 aromatic carbocycles. The van der Waals surface area contributed by atoms with Crippen LogP contribution in [0.2, 0.25) is 0 Å². The highest BCUT2D eigenvalue weighted by Crippen LogP contribution is 2.25. The summed E-state index contributed by atoms with van der Waals surface area (Å²) >= 11 is 0. The van der Waals surface area contributed by atoms with Gasteiger partial charge in [-0.25, -0.2) is 8.42 Å². The first-order valence-corrected chi connectivity index (χ1v) is 10.4. The molecular formula is C20H20N4O3S. The zero-order chi connectivity index (χ0) is 19.7. The summed E-state index contributed by atoms with van der Waals surface area (Å²) in [5.74, 6) is 0.00753. The summed E-state index contributed by atoms with van der Waals surface area (Å²) < 4.78 is 29.3. The molecule has 2 heterocycles. The van der Waals surface area contributed by atoms with E-state index in [0.29, 0.717) is 25.3 Å². The van der Waals surface area contributed by atoms with Crippen molar-refractivity contribution >= 4 is 21.7 Å². The van der Waals surface area contributed by atoms with Gasteiger partial charge in [0, 0.05) is 38.0 Å². The minimum Gasteiger partial charge on any atom is -0.305 e. The Kier molecular flexibility index (Phi) is 4.74. The van der Waals surface area contributed by atoms with Crippen molar-refractivity contribution in [2.75, 3.05) is 11.9 Å². The van der Waals surface area contributed by atoms with Gasteiger partial charge < -0.3 is 5.32 Å². The molecule has 1 aromatic heterocycles. The van der Waals surface area contributed by atoms with Crippen molar-refractivity contribution in [3.8, 4) is 0 Å². The molecule has 0 atom stereocenters. The van der Waals surface area contributed by atoms with Crippen LogP contribution >= 0.6 is 0 Å². The van der Waals surface area contributed by atoms with Gasteiger partial charge in [0.15, 0.2) is 5.82 Å². The monoisotopic (exact) mass is 396 g/mol. The van der Waals surface area contributed by atoms with Gasteiger partial charge in [0.25, 0.3) is 5.91 Å². The number of benzene rings is 2. The summed E-state index contributed by atoms with van der Waals surface area (Å²) in [5, 5.41) is 6.77. The number of carbonyl (C=O) groups is 1. The van der Waals surface area contributed by atoms with Crippen molar-refractivity contribution in [3.05, 3.63) is 77.5 Å². The van der Waals surface area contributed by atoms with E-state index in [0.717, 1.165) is 5.56 Å². The topological polar surface area (TPSA) is 84.3 Å². The quantitative estimate of drug-likeness (QED) is 0.734. The summed E-state index contributed by atoms with van der Waals surface area (Å²) in [6.07, 6.45) is 2.39. The largest absolute Gasteiger partial charge is 0.305 e. The second-order valence-corrected chi connectivity index (χ2v) is 8.65. The summed E-state index contributed by atoms with van der Waals surface area (Å²) in [6.45, 7) is 0.757. The molecule has 0 radical (unpaired) electrons. The van der Waals surface area contributed by atoms with Gasteiger partial charge in [-0.1, -0.05) is 30.3 Å². The van der Waals surface area contributed by atoms with Crippen LogP contribution in [0, 0.1) is 0 Å². The van der Waals surface area contributed by atoms with E-state index in [4.69, 9.17) is 0 Å². The average Bonchev–Trinajstić information content (AvgIpc) is 3.12. The Balaban J connectivity index is 1.57. The van der Waals surface area contributed by atoms with Crippen molar-refractivity contribution < 1.29 is 13.2 Å². The standard InChI is InChI=1S/C20H20N4O3S/c1-23-11-10-19(22-23)21-20(25)16-7-4-8-18(13-16)28(26,27)24-12-9-15-5-2-3-6-17(15)14-24/h2-8,10-11,13H,9,12,14H2,1H3,(H,21,22,25). The van der Waals surface area contributed by atoms with E-state index >= 15 is 0 Å². The van der Waals surface area contributed by atoms with Gasteiger partial charge in [-0.3, -0.25) is 9.48 Å². The van der Waals surface area contributed by atoms with Gasteiger partial charge >= 0.3 is 0 Å². The molecule has 0 unspecified atom stereocenters.